The summed E-state index contributed by atoms with van der Waals surface area (Å²) in [5.41, 5.74) is 0.539. The largest absolute Gasteiger partial charge is 0.368 e. The van der Waals surface area contributed by atoms with Crippen LogP contribution >= 0.6 is 0 Å². The molecule has 1 aliphatic carbocycles. The van der Waals surface area contributed by atoms with Crippen LogP contribution in [0.4, 0.5) is 5.82 Å². The van der Waals surface area contributed by atoms with E-state index in [0.717, 1.165) is 12.8 Å². The quantitative estimate of drug-likeness (QED) is 0.736. The zero-order valence-corrected chi connectivity index (χ0v) is 9.44. The van der Waals surface area contributed by atoms with E-state index < -0.39 is 0 Å². The van der Waals surface area contributed by atoms with Crippen molar-refractivity contribution in [1.82, 2.24) is 10.3 Å². The summed E-state index contributed by atoms with van der Waals surface area (Å²) in [7, 11) is 0. The van der Waals surface area contributed by atoms with Gasteiger partial charge in [-0.15, -0.1) is 0 Å². The summed E-state index contributed by atoms with van der Waals surface area (Å²) < 4.78 is 0. The van der Waals surface area contributed by atoms with Crippen LogP contribution in [0, 0.1) is 17.2 Å². The summed E-state index contributed by atoms with van der Waals surface area (Å²) in [5, 5.41) is 14.5. The molecule has 0 unspecified atom stereocenters. The van der Waals surface area contributed by atoms with E-state index in [1.165, 1.54) is 6.20 Å². The van der Waals surface area contributed by atoms with Gasteiger partial charge in [-0.1, -0.05) is 0 Å². The first-order valence-electron chi connectivity index (χ1n) is 5.67. The minimum absolute atomic E-state index is 0.152. The Morgan fingerprint density at radius 2 is 2.29 bits per heavy atom. The van der Waals surface area contributed by atoms with Crippen molar-refractivity contribution in [3.63, 3.8) is 0 Å². The van der Waals surface area contributed by atoms with Crippen LogP contribution in [0.3, 0.4) is 0 Å². The third kappa shape index (κ3) is 3.45. The number of nitrogens with zero attached hydrogens (tertiary/aromatic N) is 2. The van der Waals surface area contributed by atoms with Gasteiger partial charge in [0.05, 0.1) is 5.56 Å². The maximum Gasteiger partial charge on any atom is 0.223 e. The maximum atomic E-state index is 11.3. The van der Waals surface area contributed by atoms with Crippen molar-refractivity contribution >= 4 is 11.7 Å². The number of rotatable bonds is 5. The number of nitriles is 1. The van der Waals surface area contributed by atoms with E-state index in [-0.39, 0.29) is 11.8 Å². The second kappa shape index (κ2) is 5.30. The van der Waals surface area contributed by atoms with Gasteiger partial charge < -0.3 is 10.6 Å². The predicted molar refractivity (Wildman–Crippen MR) is 63.2 cm³/mol. The molecule has 1 aromatic rings. The first-order valence-corrected chi connectivity index (χ1v) is 5.67. The van der Waals surface area contributed by atoms with Crippen LogP contribution in [-0.2, 0) is 4.79 Å². The summed E-state index contributed by atoms with van der Waals surface area (Å²) in [4.78, 5) is 15.4. The van der Waals surface area contributed by atoms with Crippen LogP contribution in [0.15, 0.2) is 18.3 Å². The Kier molecular flexibility index (Phi) is 3.55. The second-order valence-electron chi connectivity index (χ2n) is 4.04. The fourth-order valence-electron chi connectivity index (χ4n) is 1.43. The van der Waals surface area contributed by atoms with E-state index in [4.69, 9.17) is 5.26 Å². The van der Waals surface area contributed by atoms with E-state index in [1.54, 1.807) is 12.1 Å². The molecule has 5 nitrogen and oxygen atoms in total. The third-order valence-electron chi connectivity index (χ3n) is 2.57. The Morgan fingerprint density at radius 3 is 2.88 bits per heavy atom. The molecular formula is C12H14N4O. The summed E-state index contributed by atoms with van der Waals surface area (Å²) in [6.07, 6.45) is 3.57. The molecule has 1 fully saturated rings. The Balaban J connectivity index is 1.67. The molecule has 5 heteroatoms. The lowest BCUT2D eigenvalue weighted by Crippen LogP contribution is -2.29. The lowest BCUT2D eigenvalue weighted by molar-refractivity contribution is -0.122. The highest BCUT2D eigenvalue weighted by Crippen LogP contribution is 2.28. The van der Waals surface area contributed by atoms with Crippen LogP contribution in [0.1, 0.15) is 18.4 Å². The fourth-order valence-corrected chi connectivity index (χ4v) is 1.43. The lowest BCUT2D eigenvalue weighted by Gasteiger charge is -2.06. The minimum Gasteiger partial charge on any atom is -0.368 e. The zero-order chi connectivity index (χ0) is 12.1. The van der Waals surface area contributed by atoms with Crippen LogP contribution in [-0.4, -0.2) is 24.0 Å². The topological polar surface area (TPSA) is 77.8 Å². The van der Waals surface area contributed by atoms with Gasteiger partial charge in [-0.3, -0.25) is 4.79 Å². The van der Waals surface area contributed by atoms with Crippen molar-refractivity contribution in [3.05, 3.63) is 23.9 Å². The summed E-state index contributed by atoms with van der Waals surface area (Å²) in [5.74, 6) is 1.12. The van der Waals surface area contributed by atoms with Gasteiger partial charge in [0, 0.05) is 25.2 Å². The molecule has 1 aromatic heterocycles. The molecule has 1 amide bonds. The van der Waals surface area contributed by atoms with Crippen molar-refractivity contribution < 1.29 is 4.79 Å². The van der Waals surface area contributed by atoms with E-state index in [2.05, 4.69) is 15.6 Å². The van der Waals surface area contributed by atoms with Gasteiger partial charge in [0.1, 0.15) is 11.9 Å². The molecule has 17 heavy (non-hydrogen) atoms. The molecule has 1 aliphatic rings. The molecular weight excluding hydrogens is 216 g/mol. The Hall–Kier alpha value is -2.09. The van der Waals surface area contributed by atoms with E-state index >= 15 is 0 Å². The first-order chi connectivity index (χ1) is 8.29. The molecule has 2 rings (SSSR count). The lowest BCUT2D eigenvalue weighted by atomic mass is 10.3. The van der Waals surface area contributed by atoms with Crippen LogP contribution < -0.4 is 10.6 Å². The minimum atomic E-state index is 0.152. The summed E-state index contributed by atoms with van der Waals surface area (Å²) >= 11 is 0. The van der Waals surface area contributed by atoms with Gasteiger partial charge in [-0.25, -0.2) is 4.98 Å². The van der Waals surface area contributed by atoms with Crippen molar-refractivity contribution in [2.75, 3.05) is 18.4 Å². The van der Waals surface area contributed by atoms with Crippen LogP contribution in [0.25, 0.3) is 0 Å². The Bertz CT molecular complexity index is 431. The molecule has 1 heterocycles. The monoisotopic (exact) mass is 230 g/mol. The molecule has 0 aliphatic heterocycles. The van der Waals surface area contributed by atoms with E-state index in [0.29, 0.717) is 24.5 Å². The van der Waals surface area contributed by atoms with E-state index in [9.17, 15) is 4.79 Å². The molecule has 0 radical (unpaired) electrons. The smallest absolute Gasteiger partial charge is 0.223 e. The standard InChI is InChI=1S/C12H14N4O/c13-7-9-1-4-11(16-8-9)14-5-6-15-12(17)10-2-3-10/h1,4,8,10H,2-3,5-6H2,(H,14,16)(H,15,17). The van der Waals surface area contributed by atoms with Gasteiger partial charge in [-0.2, -0.15) is 5.26 Å². The van der Waals surface area contributed by atoms with Gasteiger partial charge in [0.25, 0.3) is 0 Å². The van der Waals surface area contributed by atoms with Crippen molar-refractivity contribution in [3.8, 4) is 6.07 Å². The van der Waals surface area contributed by atoms with Crippen molar-refractivity contribution in [1.29, 1.82) is 5.26 Å². The highest BCUT2D eigenvalue weighted by atomic mass is 16.2. The second-order valence-corrected chi connectivity index (χ2v) is 4.04. The van der Waals surface area contributed by atoms with E-state index in [1.807, 2.05) is 6.07 Å². The zero-order valence-electron chi connectivity index (χ0n) is 9.44. The van der Waals surface area contributed by atoms with Crippen molar-refractivity contribution in [2.45, 2.75) is 12.8 Å². The van der Waals surface area contributed by atoms with Gasteiger partial charge in [-0.05, 0) is 25.0 Å². The molecule has 88 valence electrons. The van der Waals surface area contributed by atoms with Gasteiger partial charge in [0.2, 0.25) is 5.91 Å². The molecule has 2 N–H and O–H groups in total. The average Bonchev–Trinajstić information content (AvgIpc) is 3.19. The molecule has 0 spiro atoms. The predicted octanol–water partition coefficient (Wildman–Crippen LogP) is 0.891. The average molecular weight is 230 g/mol. The number of hydrogen-bond donors (Lipinski definition) is 2. The molecule has 0 bridgehead atoms. The van der Waals surface area contributed by atoms with Crippen molar-refractivity contribution in [2.24, 2.45) is 5.92 Å². The SMILES string of the molecule is N#Cc1ccc(NCCNC(=O)C2CC2)nc1. The number of pyridine rings is 1. The number of hydrogen-bond acceptors (Lipinski definition) is 4. The van der Waals surface area contributed by atoms with Crippen LogP contribution in [0.5, 0.6) is 0 Å². The molecule has 0 aromatic carbocycles. The number of aromatic nitrogens is 1. The number of anilines is 1. The fraction of sp³-hybridized carbons (Fsp3) is 0.417. The van der Waals surface area contributed by atoms with Gasteiger partial charge >= 0.3 is 0 Å². The van der Waals surface area contributed by atoms with Crippen LogP contribution in [0.2, 0.25) is 0 Å². The normalized spacial score (nSPS) is 13.8. The number of nitrogens with one attached hydrogen (secondary N) is 2. The highest BCUT2D eigenvalue weighted by Gasteiger charge is 2.28. The molecule has 0 saturated heterocycles. The maximum absolute atomic E-state index is 11.3. The summed E-state index contributed by atoms with van der Waals surface area (Å²) in [6.45, 7) is 1.23. The Morgan fingerprint density at radius 1 is 1.47 bits per heavy atom. The molecule has 0 atom stereocenters. The summed E-state index contributed by atoms with van der Waals surface area (Å²) in [6, 6.07) is 5.47. The Labute approximate surface area is 99.9 Å². The number of carbonyl (C=O) groups is 1. The number of carbonyl (C=O) groups excluding carboxylic acids is 1. The highest BCUT2D eigenvalue weighted by molar-refractivity contribution is 5.80. The number of amides is 1. The molecule has 1 saturated carbocycles. The first kappa shape index (κ1) is 11.4. The van der Waals surface area contributed by atoms with Gasteiger partial charge in [0.15, 0.2) is 0 Å². The third-order valence-corrected chi connectivity index (χ3v) is 2.57.